The molecule has 2 aromatic carbocycles. The summed E-state index contributed by atoms with van der Waals surface area (Å²) in [7, 11) is 0. The number of nitrogens with zero attached hydrogens (tertiary/aromatic N) is 2. The van der Waals surface area contributed by atoms with Crippen molar-refractivity contribution in [3.05, 3.63) is 69.2 Å². The number of rotatable bonds is 1. The maximum atomic E-state index is 13.3. The van der Waals surface area contributed by atoms with Crippen LogP contribution in [-0.4, -0.2) is 9.55 Å². The Kier molecular flexibility index (Phi) is 3.52. The standard InChI is InChI=1S/C15H8BrF3N2O/c16-9-5-7-10(8-6-9)21-13(22)11-3-1-2-4-12(11)20-14(21)15(17,18)19/h1-8H. The minimum absolute atomic E-state index is 0.0215. The van der Waals surface area contributed by atoms with Crippen molar-refractivity contribution in [3.8, 4) is 5.69 Å². The number of benzene rings is 2. The van der Waals surface area contributed by atoms with E-state index in [1.54, 1.807) is 24.3 Å². The van der Waals surface area contributed by atoms with E-state index in [4.69, 9.17) is 0 Å². The van der Waals surface area contributed by atoms with Crippen LogP contribution in [0.2, 0.25) is 0 Å². The van der Waals surface area contributed by atoms with Gasteiger partial charge in [-0.25, -0.2) is 4.98 Å². The van der Waals surface area contributed by atoms with Crippen molar-refractivity contribution in [1.29, 1.82) is 0 Å². The zero-order valence-corrected chi connectivity index (χ0v) is 12.5. The molecule has 0 saturated heterocycles. The van der Waals surface area contributed by atoms with Crippen LogP contribution in [0, 0.1) is 0 Å². The van der Waals surface area contributed by atoms with Gasteiger partial charge in [-0.3, -0.25) is 9.36 Å². The lowest BCUT2D eigenvalue weighted by atomic mass is 10.2. The van der Waals surface area contributed by atoms with Crippen LogP contribution in [0.1, 0.15) is 5.82 Å². The number of para-hydroxylation sites is 1. The molecule has 1 aromatic heterocycles. The third-order valence-electron chi connectivity index (χ3n) is 3.11. The molecule has 0 aliphatic rings. The molecule has 0 aliphatic heterocycles. The van der Waals surface area contributed by atoms with Crippen LogP contribution in [-0.2, 0) is 6.18 Å². The summed E-state index contributed by atoms with van der Waals surface area (Å²) in [6.45, 7) is 0. The van der Waals surface area contributed by atoms with Crippen molar-refractivity contribution in [2.45, 2.75) is 6.18 Å². The quantitative estimate of drug-likeness (QED) is 0.646. The fraction of sp³-hybridized carbons (Fsp3) is 0.0667. The summed E-state index contributed by atoms with van der Waals surface area (Å²) in [5, 5.41) is 0.137. The molecule has 0 N–H and O–H groups in total. The van der Waals surface area contributed by atoms with E-state index in [9.17, 15) is 18.0 Å². The first kappa shape index (κ1) is 14.8. The fourth-order valence-electron chi connectivity index (χ4n) is 2.15. The lowest BCUT2D eigenvalue weighted by Gasteiger charge is -2.15. The summed E-state index contributed by atoms with van der Waals surface area (Å²) in [5.41, 5.74) is -0.618. The molecule has 0 radical (unpaired) electrons. The maximum Gasteiger partial charge on any atom is 0.450 e. The van der Waals surface area contributed by atoms with Crippen molar-refractivity contribution in [3.63, 3.8) is 0 Å². The smallest absolute Gasteiger partial charge is 0.268 e. The molecule has 3 nitrogen and oxygen atoms in total. The average molecular weight is 369 g/mol. The van der Waals surface area contributed by atoms with E-state index >= 15 is 0 Å². The number of halogens is 4. The summed E-state index contributed by atoms with van der Waals surface area (Å²) in [6, 6.07) is 12.0. The molecule has 0 amide bonds. The fourth-order valence-corrected chi connectivity index (χ4v) is 2.42. The second-order valence-corrected chi connectivity index (χ2v) is 5.48. The van der Waals surface area contributed by atoms with Crippen LogP contribution >= 0.6 is 15.9 Å². The molecule has 0 unspecified atom stereocenters. The molecule has 0 spiro atoms. The first-order valence-corrected chi connectivity index (χ1v) is 7.02. The monoisotopic (exact) mass is 368 g/mol. The highest BCUT2D eigenvalue weighted by Gasteiger charge is 2.37. The summed E-state index contributed by atoms with van der Waals surface area (Å²) in [6.07, 6.45) is -4.74. The second kappa shape index (κ2) is 5.24. The summed E-state index contributed by atoms with van der Waals surface area (Å²) in [5.74, 6) is -1.24. The molecule has 112 valence electrons. The van der Waals surface area contributed by atoms with Crippen molar-refractivity contribution in [1.82, 2.24) is 9.55 Å². The molecule has 3 rings (SSSR count). The Bertz CT molecular complexity index is 901. The predicted octanol–water partition coefficient (Wildman–Crippen LogP) is 4.17. The lowest BCUT2D eigenvalue weighted by molar-refractivity contribution is -0.146. The largest absolute Gasteiger partial charge is 0.450 e. The van der Waals surface area contributed by atoms with E-state index in [0.29, 0.717) is 9.04 Å². The molecule has 0 bridgehead atoms. The van der Waals surface area contributed by atoms with Crippen molar-refractivity contribution >= 4 is 26.8 Å². The Morgan fingerprint density at radius 3 is 2.27 bits per heavy atom. The molecular formula is C15H8BrF3N2O. The zero-order valence-electron chi connectivity index (χ0n) is 10.9. The van der Waals surface area contributed by atoms with E-state index in [0.717, 1.165) is 0 Å². The van der Waals surface area contributed by atoms with Crippen LogP contribution < -0.4 is 5.56 Å². The third kappa shape index (κ3) is 2.52. The number of hydrogen-bond donors (Lipinski definition) is 0. The first-order chi connectivity index (χ1) is 10.4. The average Bonchev–Trinajstić information content (AvgIpc) is 2.47. The second-order valence-electron chi connectivity index (χ2n) is 4.57. The van der Waals surface area contributed by atoms with Gasteiger partial charge in [0.1, 0.15) is 0 Å². The van der Waals surface area contributed by atoms with Gasteiger partial charge in [0.05, 0.1) is 16.6 Å². The molecule has 0 aliphatic carbocycles. The first-order valence-electron chi connectivity index (χ1n) is 6.23. The number of hydrogen-bond acceptors (Lipinski definition) is 2. The van der Waals surface area contributed by atoms with Crippen molar-refractivity contribution in [2.75, 3.05) is 0 Å². The van der Waals surface area contributed by atoms with Crippen LogP contribution in [0.4, 0.5) is 13.2 Å². The number of fused-ring (bicyclic) bond motifs is 1. The van der Waals surface area contributed by atoms with Gasteiger partial charge in [-0.05, 0) is 36.4 Å². The Morgan fingerprint density at radius 1 is 1.00 bits per heavy atom. The van der Waals surface area contributed by atoms with Gasteiger partial charge < -0.3 is 0 Å². The molecule has 0 saturated carbocycles. The molecule has 7 heteroatoms. The normalized spacial score (nSPS) is 11.8. The van der Waals surface area contributed by atoms with E-state index in [1.165, 1.54) is 24.3 Å². The van der Waals surface area contributed by atoms with Gasteiger partial charge in [0.2, 0.25) is 5.82 Å². The molecule has 0 atom stereocenters. The van der Waals surface area contributed by atoms with E-state index < -0.39 is 17.6 Å². The highest BCUT2D eigenvalue weighted by atomic mass is 79.9. The Hall–Kier alpha value is -2.15. The maximum absolute atomic E-state index is 13.3. The highest BCUT2D eigenvalue weighted by molar-refractivity contribution is 9.10. The molecule has 3 aromatic rings. The third-order valence-corrected chi connectivity index (χ3v) is 3.64. The molecule has 0 fully saturated rings. The number of alkyl halides is 3. The van der Waals surface area contributed by atoms with Gasteiger partial charge in [0, 0.05) is 4.47 Å². The van der Waals surface area contributed by atoms with Crippen molar-refractivity contribution in [2.24, 2.45) is 0 Å². The Balaban J connectivity index is 2.43. The SMILES string of the molecule is O=c1c2ccccc2nc(C(F)(F)F)n1-c1ccc(Br)cc1. The molecular weight excluding hydrogens is 361 g/mol. The van der Waals surface area contributed by atoms with E-state index in [1.807, 2.05) is 0 Å². The molecule has 22 heavy (non-hydrogen) atoms. The van der Waals surface area contributed by atoms with Crippen LogP contribution in [0.5, 0.6) is 0 Å². The van der Waals surface area contributed by atoms with Crippen LogP contribution in [0.3, 0.4) is 0 Å². The van der Waals surface area contributed by atoms with E-state index in [2.05, 4.69) is 20.9 Å². The predicted molar refractivity (Wildman–Crippen MR) is 80.0 cm³/mol. The minimum atomic E-state index is -4.74. The van der Waals surface area contributed by atoms with Crippen molar-refractivity contribution < 1.29 is 13.2 Å². The topological polar surface area (TPSA) is 34.9 Å². The lowest BCUT2D eigenvalue weighted by Crippen LogP contribution is -2.28. The van der Waals surface area contributed by atoms with Crippen LogP contribution in [0.25, 0.3) is 16.6 Å². The zero-order chi connectivity index (χ0) is 15.9. The van der Waals surface area contributed by atoms with Gasteiger partial charge in [-0.2, -0.15) is 13.2 Å². The minimum Gasteiger partial charge on any atom is -0.268 e. The van der Waals surface area contributed by atoms with Gasteiger partial charge >= 0.3 is 6.18 Å². The molecule has 1 heterocycles. The Morgan fingerprint density at radius 2 is 1.64 bits per heavy atom. The van der Waals surface area contributed by atoms with Gasteiger partial charge in [-0.1, -0.05) is 28.1 Å². The Labute approximate surface area is 131 Å². The number of aromatic nitrogens is 2. The summed E-state index contributed by atoms with van der Waals surface area (Å²) >= 11 is 3.21. The summed E-state index contributed by atoms with van der Waals surface area (Å²) < 4.78 is 41.2. The summed E-state index contributed by atoms with van der Waals surface area (Å²) in [4.78, 5) is 16.1. The van der Waals surface area contributed by atoms with Gasteiger partial charge in [0.25, 0.3) is 5.56 Å². The highest BCUT2D eigenvalue weighted by Crippen LogP contribution is 2.29. The van der Waals surface area contributed by atoms with Crippen LogP contribution in [0.15, 0.2) is 57.8 Å². The van der Waals surface area contributed by atoms with Gasteiger partial charge in [0.15, 0.2) is 0 Å². The van der Waals surface area contributed by atoms with E-state index in [-0.39, 0.29) is 16.6 Å². The van der Waals surface area contributed by atoms with Gasteiger partial charge in [-0.15, -0.1) is 0 Å².